The number of carbonyl (C=O) groups excluding carboxylic acids is 2. The molecule has 1 unspecified atom stereocenters. The summed E-state index contributed by atoms with van der Waals surface area (Å²) in [6.07, 6.45) is 3.46. The first-order chi connectivity index (χ1) is 16.4. The molecular formula is C25H24Cl2N2O5. The van der Waals surface area contributed by atoms with E-state index in [0.717, 1.165) is 25.9 Å². The first-order valence-corrected chi connectivity index (χ1v) is 12.1. The maximum Gasteiger partial charge on any atom is 0.295 e. The molecule has 0 spiro atoms. The summed E-state index contributed by atoms with van der Waals surface area (Å²) in [5, 5.41) is 11.9. The molecule has 3 heterocycles. The van der Waals surface area contributed by atoms with Crippen LogP contribution in [0.2, 0.25) is 10.0 Å². The number of piperidine rings is 1. The summed E-state index contributed by atoms with van der Waals surface area (Å²) in [6.45, 7) is 3.03. The predicted octanol–water partition coefficient (Wildman–Crippen LogP) is 4.63. The van der Waals surface area contributed by atoms with E-state index >= 15 is 0 Å². The molecule has 1 N–H and O–H groups in total. The van der Waals surface area contributed by atoms with E-state index in [9.17, 15) is 14.7 Å². The molecule has 0 bridgehead atoms. The number of ether oxygens (including phenoxy) is 2. The normalized spacial score (nSPS) is 21.9. The van der Waals surface area contributed by atoms with E-state index in [1.807, 2.05) is 0 Å². The number of ketones is 1. The molecular weight excluding hydrogens is 479 g/mol. The van der Waals surface area contributed by atoms with E-state index in [0.29, 0.717) is 45.8 Å². The molecule has 1 amide bonds. The second-order valence-electron chi connectivity index (χ2n) is 8.64. The number of hydrogen-bond donors (Lipinski definition) is 1. The van der Waals surface area contributed by atoms with Crippen LogP contribution in [0.3, 0.4) is 0 Å². The van der Waals surface area contributed by atoms with Crippen molar-refractivity contribution in [3.8, 4) is 11.5 Å². The van der Waals surface area contributed by atoms with Crippen molar-refractivity contribution in [3.63, 3.8) is 0 Å². The van der Waals surface area contributed by atoms with Crippen molar-refractivity contribution < 1.29 is 24.2 Å². The Labute approximate surface area is 207 Å². The number of fused-ring (bicyclic) bond motifs is 1. The van der Waals surface area contributed by atoms with E-state index in [4.69, 9.17) is 32.7 Å². The summed E-state index contributed by atoms with van der Waals surface area (Å²) < 4.78 is 10.7. The van der Waals surface area contributed by atoms with Gasteiger partial charge in [0.1, 0.15) is 5.76 Å². The van der Waals surface area contributed by atoms with E-state index in [-0.39, 0.29) is 18.1 Å². The molecule has 1 atom stereocenters. The zero-order valence-electron chi connectivity index (χ0n) is 18.4. The number of aliphatic hydroxyl groups excluding tert-OH is 1. The number of benzene rings is 2. The van der Waals surface area contributed by atoms with Gasteiger partial charge < -0.3 is 24.4 Å². The van der Waals surface area contributed by atoms with Gasteiger partial charge in [0.25, 0.3) is 11.7 Å². The molecule has 5 rings (SSSR count). The summed E-state index contributed by atoms with van der Waals surface area (Å²) in [7, 11) is 0. The summed E-state index contributed by atoms with van der Waals surface area (Å²) in [4.78, 5) is 30.2. The first kappa shape index (κ1) is 23.0. The van der Waals surface area contributed by atoms with Crippen LogP contribution in [-0.4, -0.2) is 59.6 Å². The Morgan fingerprint density at radius 3 is 2.47 bits per heavy atom. The Morgan fingerprint density at radius 1 is 0.941 bits per heavy atom. The summed E-state index contributed by atoms with van der Waals surface area (Å²) in [6, 6.07) is 9.11. The number of halogens is 2. The minimum atomic E-state index is -0.787. The maximum atomic E-state index is 13.2. The number of aliphatic hydroxyl groups is 1. The van der Waals surface area contributed by atoms with Crippen LogP contribution in [-0.2, 0) is 9.59 Å². The minimum absolute atomic E-state index is 0.0147. The topological polar surface area (TPSA) is 79.3 Å². The molecule has 3 aliphatic rings. The third kappa shape index (κ3) is 4.24. The minimum Gasteiger partial charge on any atom is -0.507 e. The Bertz CT molecular complexity index is 1180. The number of Topliss-reactive ketones (excluding diaryl/α,β-unsaturated/α-hetero) is 1. The van der Waals surface area contributed by atoms with Gasteiger partial charge in [-0.25, -0.2) is 0 Å². The number of rotatable bonds is 5. The van der Waals surface area contributed by atoms with Crippen LogP contribution in [0.25, 0.3) is 5.76 Å². The lowest BCUT2D eigenvalue weighted by Crippen LogP contribution is -2.40. The molecule has 0 aromatic heterocycles. The molecule has 178 valence electrons. The fourth-order valence-electron chi connectivity index (χ4n) is 4.77. The zero-order chi connectivity index (χ0) is 23.8. The number of likely N-dealkylation sites (tertiary alicyclic amines) is 2. The number of amides is 1. The molecule has 2 aromatic carbocycles. The SMILES string of the molecule is O=C1C(=O)N(CCN2CCCCC2)C(c2ccc(Cl)c(Cl)c2)/C1=C(\O)c1ccc2c(c1)OCO2. The maximum absolute atomic E-state index is 13.2. The highest BCUT2D eigenvalue weighted by Crippen LogP contribution is 2.42. The fraction of sp³-hybridized carbons (Fsp3) is 0.360. The van der Waals surface area contributed by atoms with E-state index < -0.39 is 17.7 Å². The molecule has 2 fully saturated rings. The average Bonchev–Trinajstić information content (AvgIpc) is 3.42. The third-order valence-electron chi connectivity index (χ3n) is 6.55. The zero-order valence-corrected chi connectivity index (χ0v) is 19.9. The van der Waals surface area contributed by atoms with Crippen molar-refractivity contribution in [1.82, 2.24) is 9.80 Å². The van der Waals surface area contributed by atoms with Gasteiger partial charge >= 0.3 is 0 Å². The van der Waals surface area contributed by atoms with Gasteiger partial charge in [0.05, 0.1) is 21.7 Å². The molecule has 3 aliphatic heterocycles. The molecule has 34 heavy (non-hydrogen) atoms. The van der Waals surface area contributed by atoms with Crippen LogP contribution < -0.4 is 9.47 Å². The van der Waals surface area contributed by atoms with Crippen molar-refractivity contribution in [1.29, 1.82) is 0 Å². The van der Waals surface area contributed by atoms with Crippen LogP contribution >= 0.6 is 23.2 Å². The number of carbonyl (C=O) groups is 2. The predicted molar refractivity (Wildman–Crippen MR) is 128 cm³/mol. The molecule has 0 radical (unpaired) electrons. The Balaban J connectivity index is 1.55. The second kappa shape index (κ2) is 9.49. The average molecular weight is 503 g/mol. The molecule has 0 saturated carbocycles. The van der Waals surface area contributed by atoms with Crippen LogP contribution in [0.1, 0.15) is 36.4 Å². The van der Waals surface area contributed by atoms with Crippen molar-refractivity contribution in [2.45, 2.75) is 25.3 Å². The highest BCUT2D eigenvalue weighted by Gasteiger charge is 2.46. The van der Waals surface area contributed by atoms with Gasteiger partial charge in [-0.15, -0.1) is 0 Å². The van der Waals surface area contributed by atoms with Crippen LogP contribution in [0, 0.1) is 0 Å². The van der Waals surface area contributed by atoms with Gasteiger partial charge in [0.15, 0.2) is 11.5 Å². The Morgan fingerprint density at radius 2 is 1.71 bits per heavy atom. The first-order valence-electron chi connectivity index (χ1n) is 11.3. The van der Waals surface area contributed by atoms with E-state index in [1.165, 1.54) is 11.3 Å². The monoisotopic (exact) mass is 502 g/mol. The summed E-state index contributed by atoms with van der Waals surface area (Å²) in [5.74, 6) is -0.623. The smallest absolute Gasteiger partial charge is 0.295 e. The number of nitrogens with zero attached hydrogens (tertiary/aromatic N) is 2. The van der Waals surface area contributed by atoms with Crippen molar-refractivity contribution in [2.75, 3.05) is 33.0 Å². The van der Waals surface area contributed by atoms with Crippen LogP contribution in [0.15, 0.2) is 42.0 Å². The molecule has 9 heteroatoms. The van der Waals surface area contributed by atoms with Crippen LogP contribution in [0.4, 0.5) is 0 Å². The summed E-state index contributed by atoms with van der Waals surface area (Å²) >= 11 is 12.4. The van der Waals surface area contributed by atoms with E-state index in [2.05, 4.69) is 4.90 Å². The fourth-order valence-corrected chi connectivity index (χ4v) is 5.08. The molecule has 7 nitrogen and oxygen atoms in total. The largest absolute Gasteiger partial charge is 0.507 e. The summed E-state index contributed by atoms with van der Waals surface area (Å²) in [5.41, 5.74) is 0.985. The van der Waals surface area contributed by atoms with Gasteiger partial charge in [-0.05, 0) is 61.8 Å². The van der Waals surface area contributed by atoms with Gasteiger partial charge in [0, 0.05) is 18.7 Å². The third-order valence-corrected chi connectivity index (χ3v) is 7.29. The van der Waals surface area contributed by atoms with Crippen molar-refractivity contribution >= 4 is 40.7 Å². The van der Waals surface area contributed by atoms with Crippen LogP contribution in [0.5, 0.6) is 11.5 Å². The van der Waals surface area contributed by atoms with Crippen molar-refractivity contribution in [2.24, 2.45) is 0 Å². The lowest BCUT2D eigenvalue weighted by Gasteiger charge is -2.31. The number of hydrogen-bond acceptors (Lipinski definition) is 6. The van der Waals surface area contributed by atoms with Gasteiger partial charge in [-0.3, -0.25) is 9.59 Å². The highest BCUT2D eigenvalue weighted by molar-refractivity contribution is 6.46. The Hall–Kier alpha value is -2.74. The van der Waals surface area contributed by atoms with Gasteiger partial charge in [-0.2, -0.15) is 0 Å². The highest BCUT2D eigenvalue weighted by atomic mass is 35.5. The molecule has 2 saturated heterocycles. The van der Waals surface area contributed by atoms with E-state index in [1.54, 1.807) is 36.4 Å². The second-order valence-corrected chi connectivity index (χ2v) is 9.45. The molecule has 0 aliphatic carbocycles. The van der Waals surface area contributed by atoms with Gasteiger partial charge in [0.2, 0.25) is 6.79 Å². The quantitative estimate of drug-likeness (QED) is 0.364. The standard InChI is InChI=1S/C25H24Cl2N2O5/c26-17-6-4-15(12-18(17)27)22-21(23(30)16-5-7-19-20(13-16)34-14-33-19)24(31)25(32)29(22)11-10-28-8-2-1-3-9-28/h4-7,12-13,22,30H,1-3,8-11,14H2/b23-21+. The van der Waals surface area contributed by atoms with Crippen molar-refractivity contribution in [3.05, 3.63) is 63.1 Å². The lowest BCUT2D eigenvalue weighted by molar-refractivity contribution is -0.140. The van der Waals surface area contributed by atoms with Gasteiger partial charge in [-0.1, -0.05) is 35.7 Å². The Kier molecular flexibility index (Phi) is 6.42. The molecule has 2 aromatic rings. The lowest BCUT2D eigenvalue weighted by atomic mass is 9.95.